The van der Waals surface area contributed by atoms with Gasteiger partial charge in [0, 0.05) is 5.54 Å². The van der Waals surface area contributed by atoms with Gasteiger partial charge in [0.25, 0.3) is 0 Å². The van der Waals surface area contributed by atoms with Gasteiger partial charge < -0.3 is 10.2 Å². The fraction of sp³-hybridized carbons (Fsp3) is 0.846. The third-order valence-electron chi connectivity index (χ3n) is 3.69. The molecule has 1 aliphatic heterocycles. The van der Waals surface area contributed by atoms with Crippen LogP contribution in [0.2, 0.25) is 0 Å². The Morgan fingerprint density at radius 2 is 1.71 bits per heavy atom. The van der Waals surface area contributed by atoms with Crippen LogP contribution in [0.25, 0.3) is 0 Å². The maximum atomic E-state index is 12.6. The number of piperazine rings is 1. The molecule has 0 aromatic heterocycles. The average Bonchev–Trinajstić information content (AvgIpc) is 2.22. The number of nitrogens with one attached hydrogen (secondary N) is 1. The summed E-state index contributed by atoms with van der Waals surface area (Å²) in [6, 6.07) is -0.395. The molecule has 98 valence electrons. The van der Waals surface area contributed by atoms with Gasteiger partial charge in [-0.1, -0.05) is 13.8 Å². The summed E-state index contributed by atoms with van der Waals surface area (Å²) in [5, 5.41) is 2.90. The highest BCUT2D eigenvalue weighted by atomic mass is 16.2. The van der Waals surface area contributed by atoms with Crippen molar-refractivity contribution in [3.63, 3.8) is 0 Å². The molecule has 4 nitrogen and oxygen atoms in total. The van der Waals surface area contributed by atoms with Gasteiger partial charge >= 0.3 is 0 Å². The molecule has 1 unspecified atom stereocenters. The summed E-state index contributed by atoms with van der Waals surface area (Å²) in [4.78, 5) is 26.4. The summed E-state index contributed by atoms with van der Waals surface area (Å²) in [5.41, 5.74) is -1.04. The maximum absolute atomic E-state index is 12.6. The lowest BCUT2D eigenvalue weighted by molar-refractivity contribution is -0.160. The molecule has 0 saturated carbocycles. The molecule has 1 atom stereocenters. The zero-order valence-corrected chi connectivity index (χ0v) is 11.8. The van der Waals surface area contributed by atoms with E-state index >= 15 is 0 Å². The summed E-state index contributed by atoms with van der Waals surface area (Å²) in [7, 11) is 0. The molecule has 17 heavy (non-hydrogen) atoms. The second-order valence-electron chi connectivity index (χ2n) is 5.80. The molecule has 0 aromatic carbocycles. The first-order valence-electron chi connectivity index (χ1n) is 6.35. The molecule has 2 amide bonds. The topological polar surface area (TPSA) is 49.4 Å². The van der Waals surface area contributed by atoms with Gasteiger partial charge in [0.1, 0.15) is 11.6 Å². The van der Waals surface area contributed by atoms with Crippen LogP contribution in [0.3, 0.4) is 0 Å². The third-order valence-corrected chi connectivity index (χ3v) is 3.69. The van der Waals surface area contributed by atoms with Crippen LogP contribution in [0.4, 0.5) is 0 Å². The van der Waals surface area contributed by atoms with Gasteiger partial charge in [0.05, 0.1) is 0 Å². The number of hydrogen-bond donors (Lipinski definition) is 1. The summed E-state index contributed by atoms with van der Waals surface area (Å²) >= 11 is 0. The van der Waals surface area contributed by atoms with Crippen LogP contribution < -0.4 is 5.32 Å². The standard InChI is InChI=1S/C13H24N2O2/c1-7-13(8-2)11(17)15(12(4,5)6)9(3)10(16)14-13/h9H,7-8H2,1-6H3,(H,14,16). The first-order valence-corrected chi connectivity index (χ1v) is 6.35. The molecular weight excluding hydrogens is 216 g/mol. The highest BCUT2D eigenvalue weighted by Gasteiger charge is 2.50. The molecule has 1 N–H and O–H groups in total. The van der Waals surface area contributed by atoms with E-state index in [4.69, 9.17) is 0 Å². The number of rotatable bonds is 2. The van der Waals surface area contributed by atoms with Gasteiger partial charge in [-0.25, -0.2) is 0 Å². The Balaban J connectivity index is 3.21. The molecule has 0 spiro atoms. The van der Waals surface area contributed by atoms with Gasteiger partial charge in [-0.05, 0) is 40.5 Å². The molecule has 0 aromatic rings. The Bertz CT molecular complexity index is 327. The molecule has 1 rings (SSSR count). The van der Waals surface area contributed by atoms with Crippen LogP contribution >= 0.6 is 0 Å². The van der Waals surface area contributed by atoms with E-state index in [1.165, 1.54) is 0 Å². The summed E-state index contributed by atoms with van der Waals surface area (Å²) in [6.07, 6.45) is 1.26. The van der Waals surface area contributed by atoms with Crippen LogP contribution in [0.15, 0.2) is 0 Å². The predicted molar refractivity (Wildman–Crippen MR) is 67.5 cm³/mol. The van der Waals surface area contributed by atoms with Gasteiger partial charge in [-0.3, -0.25) is 9.59 Å². The van der Waals surface area contributed by atoms with Crippen LogP contribution in [0.1, 0.15) is 54.4 Å². The Kier molecular flexibility index (Phi) is 3.55. The normalized spacial score (nSPS) is 24.8. The summed E-state index contributed by atoms with van der Waals surface area (Å²) < 4.78 is 0. The van der Waals surface area contributed by atoms with E-state index in [0.717, 1.165) is 0 Å². The number of nitrogens with zero attached hydrogens (tertiary/aromatic N) is 1. The van der Waals surface area contributed by atoms with E-state index in [1.807, 2.05) is 34.6 Å². The number of amides is 2. The van der Waals surface area contributed by atoms with Crippen LogP contribution in [-0.2, 0) is 9.59 Å². The SMILES string of the molecule is CCC1(CC)NC(=O)C(C)N(C(C)(C)C)C1=O. The van der Waals surface area contributed by atoms with E-state index in [2.05, 4.69) is 5.32 Å². The molecule has 0 radical (unpaired) electrons. The smallest absolute Gasteiger partial charge is 0.249 e. The summed E-state index contributed by atoms with van der Waals surface area (Å²) in [5.74, 6) is -0.00896. The number of carbonyl (C=O) groups excluding carboxylic acids is 2. The zero-order chi connectivity index (χ0) is 13.4. The second kappa shape index (κ2) is 4.31. The van der Waals surface area contributed by atoms with Crippen molar-refractivity contribution in [2.45, 2.75) is 71.5 Å². The minimum atomic E-state index is -0.711. The molecule has 0 bridgehead atoms. The quantitative estimate of drug-likeness (QED) is 0.798. The zero-order valence-electron chi connectivity index (χ0n) is 11.8. The van der Waals surface area contributed by atoms with Crippen molar-refractivity contribution >= 4 is 11.8 Å². The van der Waals surface area contributed by atoms with Crippen molar-refractivity contribution in [1.29, 1.82) is 0 Å². The fourth-order valence-electron chi connectivity index (χ4n) is 2.53. The lowest BCUT2D eigenvalue weighted by Crippen LogP contribution is -2.72. The molecule has 1 fully saturated rings. The van der Waals surface area contributed by atoms with Crippen molar-refractivity contribution < 1.29 is 9.59 Å². The Morgan fingerprint density at radius 1 is 1.24 bits per heavy atom. The molecule has 4 heteroatoms. The minimum Gasteiger partial charge on any atom is -0.340 e. The Labute approximate surface area is 104 Å². The molecule has 1 aliphatic rings. The van der Waals surface area contributed by atoms with Gasteiger partial charge in [-0.2, -0.15) is 0 Å². The average molecular weight is 240 g/mol. The Morgan fingerprint density at radius 3 is 2.06 bits per heavy atom. The van der Waals surface area contributed by atoms with Crippen molar-refractivity contribution in [1.82, 2.24) is 10.2 Å². The molecule has 1 saturated heterocycles. The largest absolute Gasteiger partial charge is 0.340 e. The van der Waals surface area contributed by atoms with E-state index in [-0.39, 0.29) is 17.4 Å². The van der Waals surface area contributed by atoms with E-state index in [0.29, 0.717) is 12.8 Å². The molecular formula is C13H24N2O2. The molecule has 0 aliphatic carbocycles. The predicted octanol–water partition coefficient (Wildman–Crippen LogP) is 1.69. The molecule has 1 heterocycles. The first-order chi connectivity index (χ1) is 7.69. The maximum Gasteiger partial charge on any atom is 0.249 e. The monoisotopic (exact) mass is 240 g/mol. The fourth-order valence-corrected chi connectivity index (χ4v) is 2.53. The second-order valence-corrected chi connectivity index (χ2v) is 5.80. The minimum absolute atomic E-state index is 0.0436. The highest BCUT2D eigenvalue weighted by molar-refractivity contribution is 6.00. The van der Waals surface area contributed by atoms with Crippen molar-refractivity contribution in [3.05, 3.63) is 0 Å². The van der Waals surface area contributed by atoms with Crippen molar-refractivity contribution in [2.75, 3.05) is 0 Å². The van der Waals surface area contributed by atoms with Crippen LogP contribution in [0, 0.1) is 0 Å². The summed E-state index contributed by atoms with van der Waals surface area (Å²) in [6.45, 7) is 11.6. The number of carbonyl (C=O) groups is 2. The van der Waals surface area contributed by atoms with Crippen LogP contribution in [-0.4, -0.2) is 33.8 Å². The van der Waals surface area contributed by atoms with Gasteiger partial charge in [0.2, 0.25) is 11.8 Å². The lowest BCUT2D eigenvalue weighted by atomic mass is 9.85. The van der Waals surface area contributed by atoms with Crippen molar-refractivity contribution in [3.8, 4) is 0 Å². The van der Waals surface area contributed by atoms with Crippen molar-refractivity contribution in [2.24, 2.45) is 0 Å². The first kappa shape index (κ1) is 14.0. The third kappa shape index (κ3) is 2.17. The van der Waals surface area contributed by atoms with Crippen LogP contribution in [0.5, 0.6) is 0 Å². The van der Waals surface area contributed by atoms with E-state index in [1.54, 1.807) is 11.8 Å². The van der Waals surface area contributed by atoms with E-state index in [9.17, 15) is 9.59 Å². The highest BCUT2D eigenvalue weighted by Crippen LogP contribution is 2.30. The number of hydrogen-bond acceptors (Lipinski definition) is 2. The van der Waals surface area contributed by atoms with Gasteiger partial charge in [0.15, 0.2) is 0 Å². The lowest BCUT2D eigenvalue weighted by Gasteiger charge is -2.50. The Hall–Kier alpha value is -1.06. The van der Waals surface area contributed by atoms with Gasteiger partial charge in [-0.15, -0.1) is 0 Å². The van der Waals surface area contributed by atoms with E-state index < -0.39 is 11.6 Å².